The van der Waals surface area contributed by atoms with Crippen LogP contribution in [0.3, 0.4) is 0 Å². The van der Waals surface area contributed by atoms with Gasteiger partial charge < -0.3 is 0 Å². The molecule has 0 aliphatic rings. The topological polar surface area (TPSA) is 19.9 Å². The number of aromatic nitrogens is 2. The normalized spacial score (nSPS) is 12.0. The second kappa shape index (κ2) is 4.57. The van der Waals surface area contributed by atoms with Crippen LogP contribution in [-0.4, -0.2) is 5.10 Å². The number of aromatic amines is 1. The van der Waals surface area contributed by atoms with Crippen LogP contribution in [0.4, 0.5) is 0 Å². The van der Waals surface area contributed by atoms with Gasteiger partial charge in [0, 0.05) is 6.07 Å². The first-order valence-electron chi connectivity index (χ1n) is 7.91. The third kappa shape index (κ3) is 1.83. The molecule has 0 atom stereocenters. The van der Waals surface area contributed by atoms with Gasteiger partial charge in [0.05, 0.1) is 10.8 Å². The maximum absolute atomic E-state index is 3.53. The second-order valence-electron chi connectivity index (χ2n) is 6.65. The van der Waals surface area contributed by atoms with E-state index in [0.29, 0.717) is 5.92 Å². The Morgan fingerprint density at radius 2 is 1.77 bits per heavy atom. The third-order valence-electron chi connectivity index (χ3n) is 4.61. The van der Waals surface area contributed by atoms with Crippen LogP contribution < -0.4 is 4.52 Å². The van der Waals surface area contributed by atoms with E-state index in [2.05, 4.69) is 79.9 Å². The highest BCUT2D eigenvalue weighted by Crippen LogP contribution is 2.29. The summed E-state index contributed by atoms with van der Waals surface area (Å²) in [5.74, 6) is 0.540. The number of rotatable bonds is 1. The second-order valence-corrected chi connectivity index (χ2v) is 6.65. The average Bonchev–Trinajstić information content (AvgIpc) is 2.86. The molecule has 0 radical (unpaired) electrons. The molecule has 4 aromatic rings. The van der Waals surface area contributed by atoms with Crippen LogP contribution in [-0.2, 0) is 0 Å². The van der Waals surface area contributed by atoms with E-state index in [-0.39, 0.29) is 0 Å². The molecule has 2 aromatic carbocycles. The molecule has 0 unspecified atom stereocenters. The summed E-state index contributed by atoms with van der Waals surface area (Å²) >= 11 is 0. The van der Waals surface area contributed by atoms with E-state index in [1.165, 1.54) is 43.9 Å². The van der Waals surface area contributed by atoms with Crippen LogP contribution in [0.1, 0.15) is 36.5 Å². The number of nitrogens with zero attached hydrogens (tertiary/aromatic N) is 1. The standard InChI is InChI=1S/C20H20N2/c1-12(2)16-6-5-15-7-8-22-20(17(15)11-16)18-10-13(3)9-14(4)19(18)21-22/h5-12H,1-4H3/p+1. The maximum Gasteiger partial charge on any atom is 0.252 e. The third-order valence-corrected chi connectivity index (χ3v) is 4.61. The van der Waals surface area contributed by atoms with Crippen LogP contribution in [0.2, 0.25) is 0 Å². The SMILES string of the molecule is Cc1cc(C)c2[nH][n+]3ccc4ccc(C(C)C)cc4c3c2c1. The first kappa shape index (κ1) is 13.3. The highest BCUT2D eigenvalue weighted by Gasteiger charge is 2.18. The van der Waals surface area contributed by atoms with Crippen molar-refractivity contribution in [2.75, 3.05) is 0 Å². The minimum Gasteiger partial charge on any atom is -0.159 e. The van der Waals surface area contributed by atoms with E-state index in [1.807, 2.05) is 0 Å². The highest BCUT2D eigenvalue weighted by molar-refractivity contribution is 6.07. The Kier molecular flexibility index (Phi) is 2.77. The zero-order valence-electron chi connectivity index (χ0n) is 13.6. The molecular formula is C20H21N2+. The minimum absolute atomic E-state index is 0.540. The summed E-state index contributed by atoms with van der Waals surface area (Å²) in [7, 11) is 0. The van der Waals surface area contributed by atoms with E-state index < -0.39 is 0 Å². The minimum atomic E-state index is 0.540. The van der Waals surface area contributed by atoms with Gasteiger partial charge in [-0.3, -0.25) is 0 Å². The fourth-order valence-electron chi connectivity index (χ4n) is 3.43. The van der Waals surface area contributed by atoms with E-state index >= 15 is 0 Å². The van der Waals surface area contributed by atoms with Crippen molar-refractivity contribution in [1.82, 2.24) is 5.10 Å². The molecule has 2 heterocycles. The lowest BCUT2D eigenvalue weighted by Gasteiger charge is -2.05. The summed E-state index contributed by atoms with van der Waals surface area (Å²) in [6, 6.07) is 13.5. The van der Waals surface area contributed by atoms with Gasteiger partial charge >= 0.3 is 0 Å². The van der Waals surface area contributed by atoms with Crippen molar-refractivity contribution in [1.29, 1.82) is 0 Å². The van der Waals surface area contributed by atoms with Gasteiger partial charge in [-0.25, -0.2) is 0 Å². The van der Waals surface area contributed by atoms with E-state index in [0.717, 1.165) is 0 Å². The number of fused-ring (bicyclic) bond motifs is 5. The molecule has 22 heavy (non-hydrogen) atoms. The Balaban J connectivity index is 2.24. The van der Waals surface area contributed by atoms with Crippen LogP contribution >= 0.6 is 0 Å². The number of pyridine rings is 1. The maximum atomic E-state index is 3.53. The van der Waals surface area contributed by atoms with Crippen LogP contribution in [0.15, 0.2) is 42.6 Å². The Morgan fingerprint density at radius 1 is 0.955 bits per heavy atom. The van der Waals surface area contributed by atoms with Gasteiger partial charge in [0.1, 0.15) is 5.52 Å². The first-order chi connectivity index (χ1) is 10.5. The monoisotopic (exact) mass is 289 g/mol. The Bertz CT molecular complexity index is 1020. The van der Waals surface area contributed by atoms with Gasteiger partial charge in [-0.05, 0) is 54.0 Å². The van der Waals surface area contributed by atoms with Crippen molar-refractivity contribution in [3.63, 3.8) is 0 Å². The molecule has 0 fully saturated rings. The average molecular weight is 289 g/mol. The molecule has 2 heteroatoms. The fraction of sp³-hybridized carbons (Fsp3) is 0.250. The summed E-state index contributed by atoms with van der Waals surface area (Å²) in [6.45, 7) is 8.84. The van der Waals surface area contributed by atoms with Gasteiger partial charge in [-0.1, -0.05) is 36.6 Å². The summed E-state index contributed by atoms with van der Waals surface area (Å²) in [6.07, 6.45) is 2.13. The van der Waals surface area contributed by atoms with Crippen molar-refractivity contribution < 1.29 is 4.52 Å². The van der Waals surface area contributed by atoms with Gasteiger partial charge in [0.15, 0.2) is 0 Å². The number of aryl methyl sites for hydroxylation is 2. The molecule has 0 saturated carbocycles. The number of hydrogen-bond acceptors (Lipinski definition) is 0. The van der Waals surface area contributed by atoms with E-state index in [1.54, 1.807) is 0 Å². The molecule has 1 N–H and O–H groups in total. The number of H-pyrrole nitrogens is 1. The zero-order chi connectivity index (χ0) is 15.4. The zero-order valence-corrected chi connectivity index (χ0v) is 13.6. The quantitative estimate of drug-likeness (QED) is 0.486. The van der Waals surface area contributed by atoms with Gasteiger partial charge in [0.2, 0.25) is 6.20 Å². The lowest BCUT2D eigenvalue weighted by atomic mass is 9.98. The van der Waals surface area contributed by atoms with Crippen LogP contribution in [0.25, 0.3) is 27.2 Å². The largest absolute Gasteiger partial charge is 0.252 e. The fourth-order valence-corrected chi connectivity index (χ4v) is 3.43. The van der Waals surface area contributed by atoms with Crippen molar-refractivity contribution in [3.8, 4) is 0 Å². The number of hydrogen-bond donors (Lipinski definition) is 1. The van der Waals surface area contributed by atoms with Crippen molar-refractivity contribution in [2.45, 2.75) is 33.6 Å². The number of nitrogens with one attached hydrogen (secondary N) is 1. The highest BCUT2D eigenvalue weighted by atomic mass is 15.2. The summed E-state index contributed by atoms with van der Waals surface area (Å²) in [5, 5.41) is 7.46. The predicted octanol–water partition coefficient (Wildman–Crippen LogP) is 4.80. The molecule has 0 bridgehead atoms. The Labute approximate surface area is 130 Å². The predicted molar refractivity (Wildman–Crippen MR) is 92.5 cm³/mol. The van der Waals surface area contributed by atoms with Gasteiger partial charge in [0.25, 0.3) is 5.52 Å². The van der Waals surface area contributed by atoms with Gasteiger partial charge in [-0.2, -0.15) is 5.10 Å². The van der Waals surface area contributed by atoms with Crippen molar-refractivity contribution >= 4 is 27.2 Å². The molecule has 2 aromatic heterocycles. The molecule has 0 aliphatic heterocycles. The summed E-state index contributed by atoms with van der Waals surface area (Å²) < 4.78 is 2.16. The van der Waals surface area contributed by atoms with Crippen molar-refractivity contribution in [2.24, 2.45) is 0 Å². The van der Waals surface area contributed by atoms with E-state index in [4.69, 9.17) is 0 Å². The summed E-state index contributed by atoms with van der Waals surface area (Å²) in [5.41, 5.74) is 6.50. The Hall–Kier alpha value is -2.35. The Morgan fingerprint density at radius 3 is 2.55 bits per heavy atom. The lowest BCUT2D eigenvalue weighted by molar-refractivity contribution is -0.573. The van der Waals surface area contributed by atoms with Crippen LogP contribution in [0.5, 0.6) is 0 Å². The molecule has 4 rings (SSSR count). The smallest absolute Gasteiger partial charge is 0.159 e. The molecule has 0 saturated heterocycles. The van der Waals surface area contributed by atoms with Gasteiger partial charge in [-0.15, -0.1) is 0 Å². The summed E-state index contributed by atoms with van der Waals surface area (Å²) in [4.78, 5) is 0. The molecular weight excluding hydrogens is 268 g/mol. The molecule has 110 valence electrons. The molecule has 0 spiro atoms. The van der Waals surface area contributed by atoms with Crippen LogP contribution in [0, 0.1) is 13.8 Å². The molecule has 0 amide bonds. The first-order valence-corrected chi connectivity index (χ1v) is 7.91. The molecule has 0 aliphatic carbocycles. The van der Waals surface area contributed by atoms with Crippen molar-refractivity contribution in [3.05, 3.63) is 59.3 Å². The number of benzene rings is 2. The lowest BCUT2D eigenvalue weighted by Crippen LogP contribution is -2.21. The molecule has 2 nitrogen and oxygen atoms in total. The van der Waals surface area contributed by atoms with E-state index in [9.17, 15) is 0 Å².